The molecule has 0 amide bonds. The van der Waals surface area contributed by atoms with Gasteiger partial charge in [0.15, 0.2) is 0 Å². The van der Waals surface area contributed by atoms with Crippen molar-refractivity contribution in [1.29, 1.82) is 0 Å². The van der Waals surface area contributed by atoms with Gasteiger partial charge < -0.3 is 14.8 Å². The Bertz CT molecular complexity index is 374. The van der Waals surface area contributed by atoms with Gasteiger partial charge in [0.05, 0.1) is 6.61 Å². The standard InChI is InChI=1S/C15H27N3O2/c1-6-7-8-16-12-11-13(20-10-9-19-5)18-14(17-12)15(2,3)4/h11H,6-10H2,1-5H3,(H,16,17,18). The van der Waals surface area contributed by atoms with Gasteiger partial charge in [-0.05, 0) is 6.42 Å². The van der Waals surface area contributed by atoms with E-state index in [1.807, 2.05) is 6.07 Å². The fourth-order valence-corrected chi connectivity index (χ4v) is 1.55. The number of rotatable bonds is 8. The van der Waals surface area contributed by atoms with E-state index < -0.39 is 0 Å². The van der Waals surface area contributed by atoms with Crippen molar-refractivity contribution in [3.63, 3.8) is 0 Å². The smallest absolute Gasteiger partial charge is 0.218 e. The molecule has 1 aromatic rings. The molecular weight excluding hydrogens is 254 g/mol. The minimum absolute atomic E-state index is 0.109. The van der Waals surface area contributed by atoms with Crippen LogP contribution in [-0.4, -0.2) is 36.8 Å². The van der Waals surface area contributed by atoms with Crippen LogP contribution >= 0.6 is 0 Å². The molecule has 0 aliphatic carbocycles. The van der Waals surface area contributed by atoms with Crippen molar-refractivity contribution in [2.75, 3.05) is 32.2 Å². The molecular formula is C15H27N3O2. The third-order valence-corrected chi connectivity index (χ3v) is 2.75. The fourth-order valence-electron chi connectivity index (χ4n) is 1.55. The van der Waals surface area contributed by atoms with Crippen molar-refractivity contribution in [1.82, 2.24) is 9.97 Å². The molecule has 0 aliphatic rings. The summed E-state index contributed by atoms with van der Waals surface area (Å²) in [5.74, 6) is 2.21. The van der Waals surface area contributed by atoms with Crippen LogP contribution in [0.1, 0.15) is 46.4 Å². The number of aromatic nitrogens is 2. The third-order valence-electron chi connectivity index (χ3n) is 2.75. The molecule has 5 nitrogen and oxygen atoms in total. The summed E-state index contributed by atoms with van der Waals surface area (Å²) in [6.07, 6.45) is 2.27. The first-order chi connectivity index (χ1) is 9.47. The van der Waals surface area contributed by atoms with Crippen LogP contribution in [0.3, 0.4) is 0 Å². The topological polar surface area (TPSA) is 56.3 Å². The number of anilines is 1. The Morgan fingerprint density at radius 2 is 1.95 bits per heavy atom. The van der Waals surface area contributed by atoms with Gasteiger partial charge in [-0.15, -0.1) is 0 Å². The van der Waals surface area contributed by atoms with E-state index in [-0.39, 0.29) is 5.41 Å². The van der Waals surface area contributed by atoms with Crippen molar-refractivity contribution in [2.45, 2.75) is 46.0 Å². The Kier molecular flexibility index (Phi) is 6.71. The minimum Gasteiger partial charge on any atom is -0.475 e. The molecule has 1 rings (SSSR count). The molecule has 20 heavy (non-hydrogen) atoms. The second-order valence-corrected chi connectivity index (χ2v) is 5.79. The number of nitrogens with zero attached hydrogens (tertiary/aromatic N) is 2. The molecule has 0 aliphatic heterocycles. The van der Waals surface area contributed by atoms with Crippen LogP contribution < -0.4 is 10.1 Å². The predicted molar refractivity (Wildman–Crippen MR) is 81.5 cm³/mol. The van der Waals surface area contributed by atoms with Crippen LogP contribution in [0.5, 0.6) is 5.88 Å². The average Bonchev–Trinajstić information content (AvgIpc) is 2.38. The largest absolute Gasteiger partial charge is 0.475 e. The van der Waals surface area contributed by atoms with Crippen molar-refractivity contribution in [3.8, 4) is 5.88 Å². The normalized spacial score (nSPS) is 11.4. The lowest BCUT2D eigenvalue weighted by atomic mass is 9.96. The second kappa shape index (κ2) is 8.04. The quantitative estimate of drug-likeness (QED) is 0.742. The Labute approximate surface area is 122 Å². The highest BCUT2D eigenvalue weighted by Gasteiger charge is 2.19. The van der Waals surface area contributed by atoms with E-state index in [1.165, 1.54) is 0 Å². The van der Waals surface area contributed by atoms with Crippen LogP contribution in [0.15, 0.2) is 6.07 Å². The van der Waals surface area contributed by atoms with Crippen LogP contribution in [0.2, 0.25) is 0 Å². The highest BCUT2D eigenvalue weighted by atomic mass is 16.5. The summed E-state index contributed by atoms with van der Waals surface area (Å²) in [5, 5.41) is 3.33. The molecule has 0 bridgehead atoms. The fraction of sp³-hybridized carbons (Fsp3) is 0.733. The van der Waals surface area contributed by atoms with E-state index >= 15 is 0 Å². The van der Waals surface area contributed by atoms with Gasteiger partial charge in [-0.25, -0.2) is 4.98 Å². The van der Waals surface area contributed by atoms with E-state index in [0.29, 0.717) is 19.1 Å². The van der Waals surface area contributed by atoms with E-state index in [1.54, 1.807) is 7.11 Å². The molecule has 1 heterocycles. The Morgan fingerprint density at radius 1 is 1.20 bits per heavy atom. The molecule has 0 radical (unpaired) electrons. The molecule has 1 aromatic heterocycles. The molecule has 0 fully saturated rings. The molecule has 0 unspecified atom stereocenters. The number of hydrogen-bond donors (Lipinski definition) is 1. The van der Waals surface area contributed by atoms with Crippen LogP contribution in [-0.2, 0) is 10.2 Å². The lowest BCUT2D eigenvalue weighted by Crippen LogP contribution is -2.18. The second-order valence-electron chi connectivity index (χ2n) is 5.79. The zero-order valence-electron chi connectivity index (χ0n) is 13.3. The van der Waals surface area contributed by atoms with E-state index in [4.69, 9.17) is 9.47 Å². The maximum atomic E-state index is 5.61. The summed E-state index contributed by atoms with van der Waals surface area (Å²) in [5.41, 5.74) is -0.109. The Balaban J connectivity index is 2.84. The lowest BCUT2D eigenvalue weighted by molar-refractivity contribution is 0.143. The molecule has 0 spiro atoms. The van der Waals surface area contributed by atoms with E-state index in [9.17, 15) is 0 Å². The summed E-state index contributed by atoms with van der Waals surface area (Å²) in [7, 11) is 1.65. The molecule has 0 saturated heterocycles. The molecule has 114 valence electrons. The average molecular weight is 281 g/mol. The molecule has 1 N–H and O–H groups in total. The van der Waals surface area contributed by atoms with Gasteiger partial charge in [0.1, 0.15) is 18.2 Å². The molecule has 5 heteroatoms. The van der Waals surface area contributed by atoms with Crippen molar-refractivity contribution >= 4 is 5.82 Å². The van der Waals surface area contributed by atoms with Gasteiger partial charge in [-0.3, -0.25) is 0 Å². The van der Waals surface area contributed by atoms with Crippen LogP contribution in [0.4, 0.5) is 5.82 Å². The molecule has 0 saturated carbocycles. The number of ether oxygens (including phenoxy) is 2. The number of nitrogens with one attached hydrogen (secondary N) is 1. The summed E-state index contributed by atoms with van der Waals surface area (Å²) in [6.45, 7) is 10.4. The first-order valence-corrected chi connectivity index (χ1v) is 7.22. The third kappa shape index (κ3) is 5.74. The SMILES string of the molecule is CCCCNc1cc(OCCOC)nc(C(C)(C)C)n1. The monoisotopic (exact) mass is 281 g/mol. The Morgan fingerprint density at radius 3 is 2.55 bits per heavy atom. The first kappa shape index (κ1) is 16.7. The molecule has 0 aromatic carbocycles. The maximum absolute atomic E-state index is 5.61. The van der Waals surface area contributed by atoms with Gasteiger partial charge in [0, 0.05) is 25.1 Å². The predicted octanol–water partition coefficient (Wildman–Crippen LogP) is 3.01. The lowest BCUT2D eigenvalue weighted by Gasteiger charge is -2.19. The summed E-state index contributed by atoms with van der Waals surface area (Å²) in [4.78, 5) is 9.05. The number of unbranched alkanes of at least 4 members (excludes halogenated alkanes) is 1. The summed E-state index contributed by atoms with van der Waals surface area (Å²) >= 11 is 0. The van der Waals surface area contributed by atoms with Crippen LogP contribution in [0.25, 0.3) is 0 Å². The van der Waals surface area contributed by atoms with Crippen molar-refractivity contribution in [3.05, 3.63) is 11.9 Å². The van der Waals surface area contributed by atoms with Gasteiger partial charge in [0.25, 0.3) is 0 Å². The van der Waals surface area contributed by atoms with Gasteiger partial charge in [-0.2, -0.15) is 4.98 Å². The first-order valence-electron chi connectivity index (χ1n) is 7.22. The maximum Gasteiger partial charge on any atom is 0.218 e. The molecule has 0 atom stereocenters. The number of methoxy groups -OCH3 is 1. The van der Waals surface area contributed by atoms with E-state index in [0.717, 1.165) is 31.0 Å². The Hall–Kier alpha value is -1.36. The van der Waals surface area contributed by atoms with Crippen molar-refractivity contribution < 1.29 is 9.47 Å². The highest BCUT2D eigenvalue weighted by molar-refractivity contribution is 5.39. The van der Waals surface area contributed by atoms with Gasteiger partial charge >= 0.3 is 0 Å². The zero-order chi connectivity index (χ0) is 15.0. The minimum atomic E-state index is -0.109. The van der Waals surface area contributed by atoms with E-state index in [2.05, 4.69) is 43.0 Å². The van der Waals surface area contributed by atoms with Gasteiger partial charge in [-0.1, -0.05) is 34.1 Å². The van der Waals surface area contributed by atoms with Crippen molar-refractivity contribution in [2.24, 2.45) is 0 Å². The number of hydrogen-bond acceptors (Lipinski definition) is 5. The summed E-state index contributed by atoms with van der Waals surface area (Å²) < 4.78 is 10.6. The summed E-state index contributed by atoms with van der Waals surface area (Å²) in [6, 6.07) is 1.85. The van der Waals surface area contributed by atoms with Gasteiger partial charge in [0.2, 0.25) is 5.88 Å². The highest BCUT2D eigenvalue weighted by Crippen LogP contribution is 2.23. The van der Waals surface area contributed by atoms with Crippen LogP contribution in [0, 0.1) is 0 Å². The zero-order valence-corrected chi connectivity index (χ0v) is 13.3.